The highest BCUT2D eigenvalue weighted by atomic mass is 16.5. The van der Waals surface area contributed by atoms with Gasteiger partial charge in [-0.2, -0.15) is 0 Å². The maximum absolute atomic E-state index is 13.6. The molecule has 3 heteroatoms. The number of hydrogen-bond donors (Lipinski definition) is 0. The van der Waals surface area contributed by atoms with Crippen LogP contribution in [-0.2, 0) is 14.3 Å². The Morgan fingerprint density at radius 3 is 2.50 bits per heavy atom. The largest absolute Gasteiger partial charge is 0.462 e. The lowest BCUT2D eigenvalue weighted by atomic mass is 9.46. The summed E-state index contributed by atoms with van der Waals surface area (Å²) in [6, 6.07) is 0. The highest BCUT2D eigenvalue weighted by Crippen LogP contribution is 2.66. The Hall–Kier alpha value is -1.12. The average Bonchev–Trinajstić information content (AvgIpc) is 3.05. The van der Waals surface area contributed by atoms with E-state index in [0.717, 1.165) is 37.0 Å². The molecule has 4 aliphatic carbocycles. The van der Waals surface area contributed by atoms with Gasteiger partial charge in [-0.3, -0.25) is 9.59 Å². The lowest BCUT2D eigenvalue weighted by molar-refractivity contribution is -0.149. The van der Waals surface area contributed by atoms with E-state index in [9.17, 15) is 9.59 Å². The zero-order valence-electron chi connectivity index (χ0n) is 21.4. The van der Waals surface area contributed by atoms with Crippen molar-refractivity contribution in [3.63, 3.8) is 0 Å². The number of carbonyl (C=O) groups excluding carboxylic acids is 2. The molecule has 0 N–H and O–H groups in total. The van der Waals surface area contributed by atoms with Gasteiger partial charge in [0.05, 0.1) is 0 Å². The molecule has 3 nitrogen and oxygen atoms in total. The summed E-state index contributed by atoms with van der Waals surface area (Å²) in [5.41, 5.74) is 1.70. The first-order valence-corrected chi connectivity index (χ1v) is 13.5. The van der Waals surface area contributed by atoms with E-state index in [0.29, 0.717) is 23.0 Å². The summed E-state index contributed by atoms with van der Waals surface area (Å²) in [7, 11) is 0. The highest BCUT2D eigenvalue weighted by Gasteiger charge is 2.61. The number of ether oxygens (including phenoxy) is 1. The number of esters is 1. The molecular formula is C29H46O3. The van der Waals surface area contributed by atoms with Crippen LogP contribution in [-0.4, -0.2) is 17.9 Å². The van der Waals surface area contributed by atoms with Gasteiger partial charge in [0, 0.05) is 19.3 Å². The van der Waals surface area contributed by atoms with Crippen LogP contribution < -0.4 is 0 Å². The number of carbonyl (C=O) groups is 2. The first kappa shape index (κ1) is 24.0. The normalized spacial score (nSPS) is 42.0. The lowest BCUT2D eigenvalue weighted by Gasteiger charge is -2.57. The summed E-state index contributed by atoms with van der Waals surface area (Å²) >= 11 is 0. The fourth-order valence-electron chi connectivity index (χ4n) is 8.73. The van der Waals surface area contributed by atoms with E-state index in [1.54, 1.807) is 0 Å². The predicted molar refractivity (Wildman–Crippen MR) is 129 cm³/mol. The van der Waals surface area contributed by atoms with Crippen molar-refractivity contribution in [2.24, 2.45) is 46.3 Å². The second-order valence-electron chi connectivity index (χ2n) is 12.7. The molecule has 0 bridgehead atoms. The number of hydrogen-bond acceptors (Lipinski definition) is 3. The van der Waals surface area contributed by atoms with Crippen LogP contribution in [0.1, 0.15) is 106 Å². The molecule has 3 saturated carbocycles. The van der Waals surface area contributed by atoms with E-state index in [-0.39, 0.29) is 23.4 Å². The number of fused-ring (bicyclic) bond motifs is 5. The maximum atomic E-state index is 13.6. The Morgan fingerprint density at radius 1 is 1.06 bits per heavy atom. The molecule has 0 amide bonds. The predicted octanol–water partition coefficient (Wildman–Crippen LogP) is 7.14. The van der Waals surface area contributed by atoms with E-state index < -0.39 is 0 Å². The molecule has 0 radical (unpaired) electrons. The van der Waals surface area contributed by atoms with Gasteiger partial charge in [-0.15, -0.1) is 0 Å². The third-order valence-electron chi connectivity index (χ3n) is 10.4. The van der Waals surface area contributed by atoms with E-state index >= 15 is 0 Å². The molecule has 0 unspecified atom stereocenters. The van der Waals surface area contributed by atoms with Crippen LogP contribution in [0.3, 0.4) is 0 Å². The van der Waals surface area contributed by atoms with Gasteiger partial charge in [0.2, 0.25) is 0 Å². The molecule has 180 valence electrons. The van der Waals surface area contributed by atoms with E-state index in [1.807, 2.05) is 6.08 Å². The van der Waals surface area contributed by atoms with E-state index in [4.69, 9.17) is 4.74 Å². The van der Waals surface area contributed by atoms with Crippen LogP contribution in [0, 0.1) is 46.3 Å². The van der Waals surface area contributed by atoms with Gasteiger partial charge in [-0.1, -0.05) is 59.5 Å². The van der Waals surface area contributed by atoms with E-state index in [2.05, 4.69) is 34.6 Å². The molecule has 4 aliphatic rings. The van der Waals surface area contributed by atoms with Crippen molar-refractivity contribution >= 4 is 11.8 Å². The molecule has 0 aromatic heterocycles. The first-order chi connectivity index (χ1) is 15.1. The molecule has 3 fully saturated rings. The van der Waals surface area contributed by atoms with Crippen molar-refractivity contribution in [3.8, 4) is 0 Å². The molecule has 0 aliphatic heterocycles. The van der Waals surface area contributed by atoms with E-state index in [1.165, 1.54) is 57.4 Å². The molecule has 0 aromatic rings. The second-order valence-corrected chi connectivity index (χ2v) is 12.7. The Kier molecular flexibility index (Phi) is 6.69. The fraction of sp³-hybridized carbons (Fsp3) is 0.862. The van der Waals surface area contributed by atoms with Crippen molar-refractivity contribution in [1.29, 1.82) is 0 Å². The van der Waals surface area contributed by atoms with Gasteiger partial charge in [0.1, 0.15) is 6.10 Å². The minimum Gasteiger partial charge on any atom is -0.462 e. The van der Waals surface area contributed by atoms with Crippen LogP contribution in [0.15, 0.2) is 11.6 Å². The van der Waals surface area contributed by atoms with Gasteiger partial charge >= 0.3 is 5.97 Å². The molecule has 4 rings (SSSR count). The second kappa shape index (κ2) is 8.91. The molecule has 0 spiro atoms. The summed E-state index contributed by atoms with van der Waals surface area (Å²) in [6.07, 6.45) is 13.7. The third kappa shape index (κ3) is 4.11. The summed E-state index contributed by atoms with van der Waals surface area (Å²) in [4.78, 5) is 25.1. The first-order valence-electron chi connectivity index (χ1n) is 13.5. The zero-order chi connectivity index (χ0) is 23.3. The Morgan fingerprint density at radius 2 is 1.81 bits per heavy atom. The van der Waals surface area contributed by atoms with Crippen LogP contribution in [0.4, 0.5) is 0 Å². The standard InChI is InChI=1S/C29H46O3/c1-18(2)8-7-9-19(3)23-10-11-24-27-25(13-15-29(23,24)6)28(5)14-12-22(32-20(4)30)16-21(28)17-26(27)31/h17-19,22-25,27H,7-16H2,1-6H3/t19-,22-,23-,24-,25+,27+,28-,29+/m0/s1. The summed E-state index contributed by atoms with van der Waals surface area (Å²) in [6.45, 7) is 13.6. The molecule has 8 atom stereocenters. The SMILES string of the molecule is CC(=O)O[C@H]1CC[C@@]2(C)C(=CC(=O)[C@H]3[C@H]2CC[C@@]2(C)[C@H]3CC[C@H]2[C@@H](C)CCCC(C)C)C1. The van der Waals surface area contributed by atoms with Crippen LogP contribution >= 0.6 is 0 Å². The zero-order valence-corrected chi connectivity index (χ0v) is 21.4. The molecule has 0 saturated heterocycles. The number of allylic oxidation sites excluding steroid dienone is 1. The minimum absolute atomic E-state index is 0.0485. The van der Waals surface area contributed by atoms with Crippen LogP contribution in [0.5, 0.6) is 0 Å². The summed E-state index contributed by atoms with van der Waals surface area (Å²) in [5.74, 6) is 3.74. The van der Waals surface area contributed by atoms with Crippen molar-refractivity contribution in [2.45, 2.75) is 112 Å². The van der Waals surface area contributed by atoms with Gasteiger partial charge < -0.3 is 4.74 Å². The van der Waals surface area contributed by atoms with Gasteiger partial charge in [-0.25, -0.2) is 0 Å². The number of rotatable bonds is 6. The monoisotopic (exact) mass is 442 g/mol. The smallest absolute Gasteiger partial charge is 0.302 e. The Balaban J connectivity index is 1.52. The van der Waals surface area contributed by atoms with Crippen LogP contribution in [0.2, 0.25) is 0 Å². The maximum Gasteiger partial charge on any atom is 0.302 e. The van der Waals surface area contributed by atoms with Crippen molar-refractivity contribution < 1.29 is 14.3 Å². The molecule has 0 heterocycles. The summed E-state index contributed by atoms with van der Waals surface area (Å²) < 4.78 is 5.54. The summed E-state index contributed by atoms with van der Waals surface area (Å²) in [5, 5.41) is 0. The molecular weight excluding hydrogens is 396 g/mol. The van der Waals surface area contributed by atoms with Gasteiger partial charge in [0.15, 0.2) is 5.78 Å². The Labute approximate surface area is 196 Å². The number of ketones is 1. The average molecular weight is 443 g/mol. The topological polar surface area (TPSA) is 43.4 Å². The highest BCUT2D eigenvalue weighted by molar-refractivity contribution is 5.94. The minimum atomic E-state index is -0.202. The quantitative estimate of drug-likeness (QED) is 0.411. The van der Waals surface area contributed by atoms with Crippen molar-refractivity contribution in [2.75, 3.05) is 0 Å². The van der Waals surface area contributed by atoms with Crippen LogP contribution in [0.25, 0.3) is 0 Å². The van der Waals surface area contributed by atoms with Gasteiger partial charge in [0.25, 0.3) is 0 Å². The Bertz CT molecular complexity index is 766. The van der Waals surface area contributed by atoms with Crippen molar-refractivity contribution in [3.05, 3.63) is 11.6 Å². The molecule has 32 heavy (non-hydrogen) atoms. The van der Waals surface area contributed by atoms with Gasteiger partial charge in [-0.05, 0) is 85.0 Å². The van der Waals surface area contributed by atoms with Crippen molar-refractivity contribution in [1.82, 2.24) is 0 Å². The fourth-order valence-corrected chi connectivity index (χ4v) is 8.73. The third-order valence-corrected chi connectivity index (χ3v) is 10.4. The lowest BCUT2D eigenvalue weighted by Crippen LogP contribution is -2.53. The molecule has 0 aromatic carbocycles.